The lowest BCUT2D eigenvalue weighted by atomic mass is 9.70. The number of aromatic nitrogens is 2. The van der Waals surface area contributed by atoms with Gasteiger partial charge in [0.2, 0.25) is 0 Å². The molecule has 0 aromatic carbocycles. The third kappa shape index (κ3) is 2.86. The molecule has 2 rings (SSSR count). The Labute approximate surface area is 117 Å². The predicted molar refractivity (Wildman–Crippen MR) is 80.4 cm³/mol. The molecular weight excluding hydrogens is 234 g/mol. The van der Waals surface area contributed by atoms with Crippen molar-refractivity contribution in [2.24, 2.45) is 5.41 Å². The second-order valence-corrected chi connectivity index (χ2v) is 6.83. The molecule has 1 heterocycles. The maximum absolute atomic E-state index is 4.57. The van der Waals surface area contributed by atoms with E-state index in [-0.39, 0.29) is 0 Å². The van der Waals surface area contributed by atoms with Crippen molar-refractivity contribution in [2.45, 2.75) is 71.9 Å². The van der Waals surface area contributed by atoms with Crippen LogP contribution in [0, 0.1) is 5.41 Å². The fourth-order valence-electron chi connectivity index (χ4n) is 3.59. The largest absolute Gasteiger partial charge is 0.330 e. The van der Waals surface area contributed by atoms with Crippen molar-refractivity contribution >= 4 is 0 Å². The molecule has 1 N–H and O–H groups in total. The topological polar surface area (TPSA) is 29.9 Å². The Morgan fingerprint density at radius 1 is 1.47 bits per heavy atom. The molecular formula is C16H29N3. The number of likely N-dealkylation sites (N-methyl/N-ethyl adjacent to an activating group) is 1. The fraction of sp³-hybridized carbons (Fsp3) is 0.812. The molecule has 19 heavy (non-hydrogen) atoms. The molecule has 3 heteroatoms. The predicted octanol–water partition coefficient (Wildman–Crippen LogP) is 3.74. The molecule has 2 atom stereocenters. The summed E-state index contributed by atoms with van der Waals surface area (Å²) in [6.07, 6.45) is 8.02. The van der Waals surface area contributed by atoms with E-state index < -0.39 is 0 Å². The van der Waals surface area contributed by atoms with Crippen LogP contribution in [-0.4, -0.2) is 22.1 Å². The van der Waals surface area contributed by atoms with Crippen LogP contribution in [-0.2, 0) is 0 Å². The molecule has 1 aromatic heterocycles. The van der Waals surface area contributed by atoms with Gasteiger partial charge in [-0.25, -0.2) is 4.98 Å². The van der Waals surface area contributed by atoms with Gasteiger partial charge in [-0.15, -0.1) is 0 Å². The molecule has 0 amide bonds. The monoisotopic (exact) mass is 263 g/mol. The maximum Gasteiger partial charge on any atom is 0.111 e. The van der Waals surface area contributed by atoms with E-state index in [0.29, 0.717) is 23.4 Å². The van der Waals surface area contributed by atoms with Crippen LogP contribution in [0.4, 0.5) is 0 Å². The van der Waals surface area contributed by atoms with E-state index in [2.05, 4.69) is 55.7 Å². The van der Waals surface area contributed by atoms with Crippen molar-refractivity contribution in [2.75, 3.05) is 6.54 Å². The van der Waals surface area contributed by atoms with Crippen molar-refractivity contribution in [1.29, 1.82) is 0 Å². The highest BCUT2D eigenvalue weighted by Gasteiger charge is 2.39. The van der Waals surface area contributed by atoms with E-state index >= 15 is 0 Å². The van der Waals surface area contributed by atoms with Crippen LogP contribution in [0.15, 0.2) is 12.4 Å². The number of rotatable bonds is 4. The van der Waals surface area contributed by atoms with Gasteiger partial charge in [0, 0.05) is 24.4 Å². The van der Waals surface area contributed by atoms with Gasteiger partial charge in [-0.1, -0.05) is 41.0 Å². The minimum Gasteiger partial charge on any atom is -0.330 e. The van der Waals surface area contributed by atoms with Gasteiger partial charge < -0.3 is 9.88 Å². The van der Waals surface area contributed by atoms with Crippen LogP contribution in [0.5, 0.6) is 0 Å². The van der Waals surface area contributed by atoms with Crippen LogP contribution in [0.3, 0.4) is 0 Å². The first-order valence-corrected chi connectivity index (χ1v) is 7.73. The van der Waals surface area contributed by atoms with Crippen molar-refractivity contribution in [3.63, 3.8) is 0 Å². The highest BCUT2D eigenvalue weighted by Crippen LogP contribution is 2.42. The lowest BCUT2D eigenvalue weighted by Crippen LogP contribution is -2.50. The summed E-state index contributed by atoms with van der Waals surface area (Å²) in [6.45, 7) is 12.5. The van der Waals surface area contributed by atoms with E-state index in [1.807, 2.05) is 6.20 Å². The number of hydrogen-bond acceptors (Lipinski definition) is 2. The lowest BCUT2D eigenvalue weighted by molar-refractivity contribution is 0.112. The van der Waals surface area contributed by atoms with Crippen molar-refractivity contribution in [3.8, 4) is 0 Å². The van der Waals surface area contributed by atoms with Crippen LogP contribution < -0.4 is 5.32 Å². The Bertz CT molecular complexity index is 406. The van der Waals surface area contributed by atoms with Gasteiger partial charge in [-0.05, 0) is 24.8 Å². The fourth-order valence-corrected chi connectivity index (χ4v) is 3.59. The van der Waals surface area contributed by atoms with E-state index in [1.54, 1.807) is 0 Å². The number of imidazole rings is 1. The van der Waals surface area contributed by atoms with Gasteiger partial charge in [0.25, 0.3) is 0 Å². The molecule has 0 spiro atoms. The number of hydrogen-bond donors (Lipinski definition) is 1. The zero-order chi connectivity index (χ0) is 14.0. The van der Waals surface area contributed by atoms with E-state index in [4.69, 9.17) is 0 Å². The standard InChI is InChI=1S/C16H29N3/c1-6-17-14-13(8-7-9-16(14,4)5)19-11-10-18-15(19)12(2)3/h10-14,17H,6-9H2,1-5H3. The number of nitrogens with one attached hydrogen (secondary N) is 1. The summed E-state index contributed by atoms with van der Waals surface area (Å²) >= 11 is 0. The van der Waals surface area contributed by atoms with Crippen molar-refractivity contribution < 1.29 is 0 Å². The third-order valence-corrected chi connectivity index (χ3v) is 4.54. The van der Waals surface area contributed by atoms with Gasteiger partial charge in [-0.3, -0.25) is 0 Å². The minimum atomic E-state index is 0.359. The lowest BCUT2D eigenvalue weighted by Gasteiger charge is -2.45. The molecule has 3 nitrogen and oxygen atoms in total. The molecule has 108 valence electrons. The Morgan fingerprint density at radius 2 is 2.21 bits per heavy atom. The van der Waals surface area contributed by atoms with Gasteiger partial charge in [0.1, 0.15) is 5.82 Å². The van der Waals surface area contributed by atoms with Gasteiger partial charge >= 0.3 is 0 Å². The molecule has 1 aliphatic rings. The zero-order valence-corrected chi connectivity index (χ0v) is 13.1. The first-order chi connectivity index (χ1) is 8.97. The van der Waals surface area contributed by atoms with Crippen molar-refractivity contribution in [3.05, 3.63) is 18.2 Å². The quantitative estimate of drug-likeness (QED) is 0.897. The van der Waals surface area contributed by atoms with Crippen LogP contribution in [0.2, 0.25) is 0 Å². The first-order valence-electron chi connectivity index (χ1n) is 7.73. The summed E-state index contributed by atoms with van der Waals surface area (Å²) in [6, 6.07) is 1.08. The van der Waals surface area contributed by atoms with E-state index in [1.165, 1.54) is 25.1 Å². The summed E-state index contributed by atoms with van der Waals surface area (Å²) in [5, 5.41) is 3.73. The second kappa shape index (κ2) is 5.66. The molecule has 0 aliphatic heterocycles. The van der Waals surface area contributed by atoms with E-state index in [9.17, 15) is 0 Å². The molecule has 2 unspecified atom stereocenters. The Morgan fingerprint density at radius 3 is 2.84 bits per heavy atom. The van der Waals surface area contributed by atoms with Crippen LogP contribution in [0.25, 0.3) is 0 Å². The molecule has 0 saturated heterocycles. The summed E-state index contributed by atoms with van der Waals surface area (Å²) in [7, 11) is 0. The average molecular weight is 263 g/mol. The number of nitrogens with zero attached hydrogens (tertiary/aromatic N) is 2. The Kier molecular flexibility index (Phi) is 4.34. The Balaban J connectivity index is 2.32. The SMILES string of the molecule is CCNC1C(n2ccnc2C(C)C)CCCC1(C)C. The highest BCUT2D eigenvalue weighted by atomic mass is 15.1. The van der Waals surface area contributed by atoms with Gasteiger partial charge in [0.15, 0.2) is 0 Å². The molecule has 1 fully saturated rings. The van der Waals surface area contributed by atoms with Gasteiger partial charge in [0.05, 0.1) is 6.04 Å². The molecule has 1 saturated carbocycles. The third-order valence-electron chi connectivity index (χ3n) is 4.54. The molecule has 1 aromatic rings. The summed E-state index contributed by atoms with van der Waals surface area (Å²) in [5.74, 6) is 1.72. The highest BCUT2D eigenvalue weighted by molar-refractivity contribution is 5.05. The normalized spacial score (nSPS) is 26.8. The molecule has 0 radical (unpaired) electrons. The smallest absolute Gasteiger partial charge is 0.111 e. The van der Waals surface area contributed by atoms with Gasteiger partial charge in [-0.2, -0.15) is 0 Å². The van der Waals surface area contributed by atoms with Crippen molar-refractivity contribution in [1.82, 2.24) is 14.9 Å². The molecule has 0 bridgehead atoms. The second-order valence-electron chi connectivity index (χ2n) is 6.83. The molecule has 1 aliphatic carbocycles. The summed E-state index contributed by atoms with van der Waals surface area (Å²) in [5.41, 5.74) is 0.359. The minimum absolute atomic E-state index is 0.359. The average Bonchev–Trinajstić information content (AvgIpc) is 2.80. The first kappa shape index (κ1) is 14.6. The van der Waals surface area contributed by atoms with Crippen LogP contribution in [0.1, 0.15) is 71.7 Å². The summed E-state index contributed by atoms with van der Waals surface area (Å²) in [4.78, 5) is 4.57. The van der Waals surface area contributed by atoms with E-state index in [0.717, 1.165) is 6.54 Å². The zero-order valence-electron chi connectivity index (χ0n) is 13.1. The summed E-state index contributed by atoms with van der Waals surface area (Å²) < 4.78 is 2.43. The Hall–Kier alpha value is -0.830. The maximum atomic E-state index is 4.57. The van der Waals surface area contributed by atoms with Crippen LogP contribution >= 0.6 is 0 Å².